The Hall–Kier alpha value is -3.79. The van der Waals surface area contributed by atoms with Crippen LogP contribution in [0.25, 0.3) is 16.6 Å². The van der Waals surface area contributed by atoms with Crippen molar-refractivity contribution >= 4 is 34.5 Å². The van der Waals surface area contributed by atoms with E-state index in [1.165, 1.54) is 0 Å². The third-order valence-corrected chi connectivity index (χ3v) is 6.19. The number of methoxy groups -OCH3 is 1. The maximum Gasteiger partial charge on any atom is 0.273 e. The van der Waals surface area contributed by atoms with Gasteiger partial charge in [0, 0.05) is 41.5 Å². The predicted octanol–water partition coefficient (Wildman–Crippen LogP) is 3.34. The van der Waals surface area contributed by atoms with E-state index in [1.54, 1.807) is 47.8 Å². The van der Waals surface area contributed by atoms with Crippen LogP contribution in [0.1, 0.15) is 39.0 Å². The molecule has 0 bridgehead atoms. The van der Waals surface area contributed by atoms with Crippen LogP contribution in [-0.4, -0.2) is 58.2 Å². The molecule has 0 radical (unpaired) electrons. The molecule has 182 valence electrons. The summed E-state index contributed by atoms with van der Waals surface area (Å²) >= 11 is 1.58. The Bertz CT molecular complexity index is 1330. The SMILES string of the molecule is CCNC(=O)c1ccc(-n2nnc(C(=O)NCCc3c[nH]c4ccc(OC)cc34)c2CSC)cc1. The first-order valence-electron chi connectivity index (χ1n) is 11.3. The van der Waals surface area contributed by atoms with Crippen molar-refractivity contribution < 1.29 is 14.3 Å². The van der Waals surface area contributed by atoms with Gasteiger partial charge in [0.25, 0.3) is 11.8 Å². The maximum atomic E-state index is 13.0. The van der Waals surface area contributed by atoms with E-state index in [2.05, 4.69) is 25.9 Å². The van der Waals surface area contributed by atoms with Crippen LogP contribution in [0.3, 0.4) is 0 Å². The molecule has 0 aliphatic rings. The summed E-state index contributed by atoms with van der Waals surface area (Å²) in [4.78, 5) is 28.3. The van der Waals surface area contributed by atoms with Gasteiger partial charge in [0.15, 0.2) is 5.69 Å². The van der Waals surface area contributed by atoms with Crippen molar-refractivity contribution in [3.63, 3.8) is 0 Å². The average molecular weight is 493 g/mol. The number of H-pyrrole nitrogens is 1. The van der Waals surface area contributed by atoms with Gasteiger partial charge in [-0.25, -0.2) is 4.68 Å². The van der Waals surface area contributed by atoms with Crippen molar-refractivity contribution in [1.29, 1.82) is 0 Å². The summed E-state index contributed by atoms with van der Waals surface area (Å²) in [6.45, 7) is 2.89. The standard InChI is InChI=1S/C25H28N6O3S/c1-4-26-24(32)16-5-7-18(8-6-16)31-22(15-35-3)23(29-30-31)25(33)27-12-11-17-14-28-21-10-9-19(34-2)13-20(17)21/h5-10,13-14,28H,4,11-12,15H2,1-3H3,(H,26,32)(H,27,33). The Balaban J connectivity index is 1.47. The number of carbonyl (C=O) groups is 2. The molecule has 3 N–H and O–H groups in total. The number of benzene rings is 2. The Morgan fingerprint density at radius 1 is 1.11 bits per heavy atom. The number of carbonyl (C=O) groups excluding carboxylic acids is 2. The van der Waals surface area contributed by atoms with Crippen LogP contribution in [0.5, 0.6) is 5.75 Å². The van der Waals surface area contributed by atoms with Crippen LogP contribution in [0, 0.1) is 0 Å². The summed E-state index contributed by atoms with van der Waals surface area (Å²) in [5.74, 6) is 0.961. The average Bonchev–Trinajstić information content (AvgIpc) is 3.48. The van der Waals surface area contributed by atoms with E-state index < -0.39 is 0 Å². The lowest BCUT2D eigenvalue weighted by molar-refractivity contribution is 0.0943. The highest BCUT2D eigenvalue weighted by Crippen LogP contribution is 2.24. The lowest BCUT2D eigenvalue weighted by Gasteiger charge is -2.09. The third kappa shape index (κ3) is 5.32. The molecule has 0 unspecified atom stereocenters. The summed E-state index contributed by atoms with van der Waals surface area (Å²) < 4.78 is 6.98. The normalized spacial score (nSPS) is 10.9. The number of thioether (sulfide) groups is 1. The van der Waals surface area contributed by atoms with E-state index >= 15 is 0 Å². The highest BCUT2D eigenvalue weighted by atomic mass is 32.2. The van der Waals surface area contributed by atoms with Crippen molar-refractivity contribution in [2.24, 2.45) is 0 Å². The van der Waals surface area contributed by atoms with Gasteiger partial charge in [0.1, 0.15) is 5.75 Å². The summed E-state index contributed by atoms with van der Waals surface area (Å²) in [6, 6.07) is 13.0. The van der Waals surface area contributed by atoms with Crippen LogP contribution in [0.4, 0.5) is 0 Å². The Morgan fingerprint density at radius 2 is 1.91 bits per heavy atom. The van der Waals surface area contributed by atoms with Crippen LogP contribution in [-0.2, 0) is 12.2 Å². The molecule has 4 aromatic rings. The molecule has 2 heterocycles. The van der Waals surface area contributed by atoms with Gasteiger partial charge in [-0.1, -0.05) is 5.21 Å². The Kier molecular flexibility index (Phi) is 7.71. The topological polar surface area (TPSA) is 114 Å². The number of amides is 2. The highest BCUT2D eigenvalue weighted by molar-refractivity contribution is 7.97. The second kappa shape index (κ2) is 11.1. The van der Waals surface area contributed by atoms with E-state index in [4.69, 9.17) is 4.74 Å². The lowest BCUT2D eigenvalue weighted by Crippen LogP contribution is -2.27. The van der Waals surface area contributed by atoms with E-state index in [9.17, 15) is 9.59 Å². The van der Waals surface area contributed by atoms with Crippen molar-refractivity contribution in [3.8, 4) is 11.4 Å². The zero-order chi connectivity index (χ0) is 24.8. The van der Waals surface area contributed by atoms with Crippen molar-refractivity contribution in [2.45, 2.75) is 19.1 Å². The zero-order valence-corrected chi connectivity index (χ0v) is 20.7. The van der Waals surface area contributed by atoms with Gasteiger partial charge >= 0.3 is 0 Å². The molecule has 0 aliphatic heterocycles. The monoisotopic (exact) mass is 492 g/mol. The quantitative estimate of drug-likeness (QED) is 0.313. The van der Waals surface area contributed by atoms with Gasteiger partial charge in [0.05, 0.1) is 18.5 Å². The molecule has 2 aromatic carbocycles. The number of hydrogen-bond acceptors (Lipinski definition) is 6. The minimum atomic E-state index is -0.267. The number of aromatic amines is 1. The molecule has 0 aliphatic carbocycles. The number of nitrogens with one attached hydrogen (secondary N) is 3. The molecule has 0 spiro atoms. The van der Waals surface area contributed by atoms with Crippen molar-refractivity contribution in [2.75, 3.05) is 26.5 Å². The Labute approximate surface area is 207 Å². The van der Waals surface area contributed by atoms with Crippen LogP contribution >= 0.6 is 11.8 Å². The fraction of sp³-hybridized carbons (Fsp3) is 0.280. The van der Waals surface area contributed by atoms with Gasteiger partial charge < -0.3 is 20.4 Å². The second-order valence-corrected chi connectivity index (χ2v) is 8.73. The second-order valence-electron chi connectivity index (χ2n) is 7.87. The largest absolute Gasteiger partial charge is 0.497 e. The molecule has 2 aromatic heterocycles. The summed E-state index contributed by atoms with van der Waals surface area (Å²) in [5.41, 5.74) is 4.43. The van der Waals surface area contributed by atoms with E-state index in [1.807, 2.05) is 37.6 Å². The minimum absolute atomic E-state index is 0.129. The number of rotatable bonds is 10. The van der Waals surface area contributed by atoms with Crippen LogP contribution in [0.15, 0.2) is 48.7 Å². The predicted molar refractivity (Wildman–Crippen MR) is 137 cm³/mol. The molecule has 0 fully saturated rings. The first kappa shape index (κ1) is 24.3. The van der Waals surface area contributed by atoms with Gasteiger partial charge in [-0.3, -0.25) is 9.59 Å². The molecular formula is C25H28N6O3S. The first-order chi connectivity index (χ1) is 17.0. The lowest BCUT2D eigenvalue weighted by atomic mass is 10.1. The molecule has 0 saturated carbocycles. The molecule has 9 nitrogen and oxygen atoms in total. The van der Waals surface area contributed by atoms with Gasteiger partial charge in [-0.2, -0.15) is 11.8 Å². The Morgan fingerprint density at radius 3 is 2.63 bits per heavy atom. The molecule has 2 amide bonds. The number of ether oxygens (including phenoxy) is 1. The fourth-order valence-corrected chi connectivity index (χ4v) is 4.39. The fourth-order valence-electron chi connectivity index (χ4n) is 3.85. The molecule has 4 rings (SSSR count). The van der Waals surface area contributed by atoms with E-state index in [-0.39, 0.29) is 11.8 Å². The zero-order valence-electron chi connectivity index (χ0n) is 19.9. The van der Waals surface area contributed by atoms with Gasteiger partial charge in [-0.05, 0) is 67.6 Å². The summed E-state index contributed by atoms with van der Waals surface area (Å²) in [5, 5.41) is 15.2. The number of nitrogens with zero attached hydrogens (tertiary/aromatic N) is 3. The van der Waals surface area contributed by atoms with Crippen molar-refractivity contribution in [1.82, 2.24) is 30.6 Å². The van der Waals surface area contributed by atoms with Crippen molar-refractivity contribution in [3.05, 3.63) is 71.2 Å². The molecular weight excluding hydrogens is 464 g/mol. The third-order valence-electron chi connectivity index (χ3n) is 5.63. The number of fused-ring (bicyclic) bond motifs is 1. The van der Waals surface area contributed by atoms with Gasteiger partial charge in [0.2, 0.25) is 0 Å². The first-order valence-corrected chi connectivity index (χ1v) is 12.7. The van der Waals surface area contributed by atoms with Crippen LogP contribution < -0.4 is 15.4 Å². The van der Waals surface area contributed by atoms with E-state index in [0.717, 1.165) is 27.9 Å². The summed E-state index contributed by atoms with van der Waals surface area (Å²) in [6.07, 6.45) is 4.57. The minimum Gasteiger partial charge on any atom is -0.497 e. The molecule has 35 heavy (non-hydrogen) atoms. The highest BCUT2D eigenvalue weighted by Gasteiger charge is 2.20. The van der Waals surface area contributed by atoms with E-state index in [0.29, 0.717) is 42.2 Å². The maximum absolute atomic E-state index is 13.0. The molecule has 10 heteroatoms. The summed E-state index contributed by atoms with van der Waals surface area (Å²) in [7, 11) is 1.64. The molecule has 0 atom stereocenters. The van der Waals surface area contributed by atoms with Gasteiger partial charge in [-0.15, -0.1) is 5.10 Å². The molecule has 0 saturated heterocycles. The smallest absolute Gasteiger partial charge is 0.273 e. The van der Waals surface area contributed by atoms with Crippen LogP contribution in [0.2, 0.25) is 0 Å². The number of aromatic nitrogens is 4. The number of hydrogen-bond donors (Lipinski definition) is 3.